The summed E-state index contributed by atoms with van der Waals surface area (Å²) < 4.78 is 43.5. The number of hydrogen-bond donors (Lipinski definition) is 2. The Hall–Kier alpha value is -3.02. The highest BCUT2D eigenvalue weighted by Crippen LogP contribution is 2.46. The molecule has 0 radical (unpaired) electrons. The quantitative estimate of drug-likeness (QED) is 0.439. The van der Waals surface area contributed by atoms with Crippen molar-refractivity contribution in [3.63, 3.8) is 0 Å². The zero-order chi connectivity index (χ0) is 23.5. The first kappa shape index (κ1) is 21.8. The average Bonchev–Trinajstić information content (AvgIpc) is 3.41. The summed E-state index contributed by atoms with van der Waals surface area (Å²) in [5.74, 6) is -0.987. The topological polar surface area (TPSA) is 104 Å². The summed E-state index contributed by atoms with van der Waals surface area (Å²) in [4.78, 5) is 4.95. The molecular formula is C21H18ClFN6O2S2. The van der Waals surface area contributed by atoms with Crippen molar-refractivity contribution < 1.29 is 12.8 Å². The van der Waals surface area contributed by atoms with Crippen LogP contribution in [0.25, 0.3) is 27.0 Å². The van der Waals surface area contributed by atoms with Crippen molar-refractivity contribution in [2.24, 2.45) is 0 Å². The van der Waals surface area contributed by atoms with Crippen LogP contribution < -0.4 is 5.32 Å². The summed E-state index contributed by atoms with van der Waals surface area (Å²) in [6.07, 6.45) is 4.88. The van der Waals surface area contributed by atoms with E-state index >= 15 is 4.39 Å². The van der Waals surface area contributed by atoms with Crippen LogP contribution in [0.2, 0.25) is 5.02 Å². The van der Waals surface area contributed by atoms with Crippen LogP contribution in [-0.4, -0.2) is 46.2 Å². The van der Waals surface area contributed by atoms with E-state index in [4.69, 9.17) is 17.0 Å². The fourth-order valence-electron chi connectivity index (χ4n) is 3.90. The average molecular weight is 505 g/mol. The van der Waals surface area contributed by atoms with Crippen molar-refractivity contribution in [3.05, 3.63) is 64.6 Å². The number of fused-ring (bicyclic) bond motifs is 1. The number of halogens is 2. The molecule has 170 valence electrons. The number of aromatic nitrogens is 3. The Morgan fingerprint density at radius 1 is 1.30 bits per heavy atom. The fraction of sp³-hybridized carbons (Fsp3) is 0.190. The molecule has 12 heteroatoms. The molecule has 4 heterocycles. The maximum Gasteiger partial charge on any atom is 0.239 e. The van der Waals surface area contributed by atoms with Gasteiger partial charge in [0.25, 0.3) is 0 Å². The Morgan fingerprint density at radius 3 is 2.76 bits per heavy atom. The van der Waals surface area contributed by atoms with Crippen LogP contribution in [0.4, 0.5) is 4.39 Å². The standard InChI is InChI=1S/C21H18ClFN6O2S2/c1-21(11-33(30,31)28(2)20(24)27-21)19-16(22)14-6-8-25-17(18(14)32-19)13-5-4-12(10-15(13)23)29-9-3-7-26-29/h3-10H,11H2,1-2H3,(H2,24,27)/t21-/m0/s1. The molecule has 8 nitrogen and oxygen atoms in total. The van der Waals surface area contributed by atoms with E-state index < -0.39 is 21.4 Å². The first-order valence-electron chi connectivity index (χ1n) is 9.81. The van der Waals surface area contributed by atoms with Crippen molar-refractivity contribution in [2.75, 3.05) is 12.8 Å². The molecule has 4 aromatic rings. The zero-order valence-corrected chi connectivity index (χ0v) is 19.9. The Balaban J connectivity index is 1.64. The Labute approximate surface area is 198 Å². The van der Waals surface area contributed by atoms with Gasteiger partial charge in [0.2, 0.25) is 16.0 Å². The van der Waals surface area contributed by atoms with Gasteiger partial charge in [-0.2, -0.15) is 5.10 Å². The molecule has 1 saturated heterocycles. The molecule has 0 spiro atoms. The normalized spacial score (nSPS) is 20.2. The van der Waals surface area contributed by atoms with E-state index in [2.05, 4.69) is 15.4 Å². The maximum absolute atomic E-state index is 15.2. The van der Waals surface area contributed by atoms with Gasteiger partial charge in [0.15, 0.2) is 0 Å². The lowest BCUT2D eigenvalue weighted by molar-refractivity contribution is 0.424. The molecule has 1 aliphatic rings. The van der Waals surface area contributed by atoms with Crippen LogP contribution in [0.5, 0.6) is 0 Å². The van der Waals surface area contributed by atoms with Gasteiger partial charge in [-0.1, -0.05) is 11.6 Å². The number of rotatable bonds is 3. The third-order valence-corrected chi connectivity index (χ3v) is 9.56. The van der Waals surface area contributed by atoms with Crippen molar-refractivity contribution in [1.82, 2.24) is 24.4 Å². The van der Waals surface area contributed by atoms with Gasteiger partial charge >= 0.3 is 0 Å². The molecule has 3 aromatic heterocycles. The number of guanidine groups is 1. The van der Waals surface area contributed by atoms with Crippen molar-refractivity contribution in [2.45, 2.75) is 12.5 Å². The van der Waals surface area contributed by atoms with Crippen molar-refractivity contribution in [3.8, 4) is 16.9 Å². The molecule has 0 amide bonds. The van der Waals surface area contributed by atoms with E-state index in [1.165, 1.54) is 24.5 Å². The molecule has 0 aliphatic carbocycles. The van der Waals surface area contributed by atoms with Gasteiger partial charge in [-0.05, 0) is 31.2 Å². The second-order valence-electron chi connectivity index (χ2n) is 7.93. The van der Waals surface area contributed by atoms with Crippen LogP contribution in [0, 0.1) is 11.2 Å². The van der Waals surface area contributed by atoms with E-state index in [0.29, 0.717) is 36.9 Å². The largest absolute Gasteiger partial charge is 0.344 e. The van der Waals surface area contributed by atoms with E-state index in [1.54, 1.807) is 54.5 Å². The summed E-state index contributed by atoms with van der Waals surface area (Å²) in [5, 5.41) is 16.2. The minimum absolute atomic E-state index is 0.240. The number of sulfonamides is 1. The lowest BCUT2D eigenvalue weighted by Crippen LogP contribution is -2.60. The Kier molecular flexibility index (Phi) is 4.96. The lowest BCUT2D eigenvalue weighted by atomic mass is 10.0. The summed E-state index contributed by atoms with van der Waals surface area (Å²) in [6.45, 7) is 1.69. The molecule has 0 saturated carbocycles. The number of pyridine rings is 1. The van der Waals surface area contributed by atoms with Crippen LogP contribution in [0.15, 0.2) is 48.9 Å². The van der Waals surface area contributed by atoms with E-state index in [9.17, 15) is 8.42 Å². The number of nitrogens with zero attached hydrogens (tertiary/aromatic N) is 4. The molecule has 33 heavy (non-hydrogen) atoms. The SMILES string of the molecule is CN1C(=N)N[C@](C)(c2sc3c(-c4ccc(-n5cccn5)cc4F)nccc3c2Cl)CS1(=O)=O. The number of nitrogens with one attached hydrogen (secondary N) is 2. The van der Waals surface area contributed by atoms with Crippen LogP contribution in [-0.2, 0) is 15.6 Å². The number of benzene rings is 1. The van der Waals surface area contributed by atoms with Crippen LogP contribution >= 0.6 is 22.9 Å². The highest BCUT2D eigenvalue weighted by atomic mass is 35.5. The summed E-state index contributed by atoms with van der Waals surface area (Å²) >= 11 is 7.95. The second-order valence-corrected chi connectivity index (χ2v) is 11.3. The Bertz CT molecular complexity index is 1520. The molecular weight excluding hydrogens is 487 g/mol. The predicted molar refractivity (Wildman–Crippen MR) is 127 cm³/mol. The van der Waals surface area contributed by atoms with Gasteiger partial charge in [-0.25, -0.2) is 21.8 Å². The smallest absolute Gasteiger partial charge is 0.239 e. The molecule has 2 N–H and O–H groups in total. The van der Waals surface area contributed by atoms with Crippen LogP contribution in [0.1, 0.15) is 11.8 Å². The molecule has 1 atom stereocenters. The Morgan fingerprint density at radius 2 is 2.09 bits per heavy atom. The molecule has 0 bridgehead atoms. The minimum atomic E-state index is -3.71. The van der Waals surface area contributed by atoms with Gasteiger partial charge in [-0.15, -0.1) is 11.3 Å². The number of hydrogen-bond acceptors (Lipinski definition) is 6. The van der Waals surface area contributed by atoms with E-state index in [0.717, 1.165) is 4.31 Å². The second kappa shape index (κ2) is 7.51. The summed E-state index contributed by atoms with van der Waals surface area (Å²) in [6, 6.07) is 8.23. The van der Waals surface area contributed by atoms with Gasteiger partial charge in [0.05, 0.1) is 37.3 Å². The van der Waals surface area contributed by atoms with Gasteiger partial charge in [0.1, 0.15) is 5.82 Å². The minimum Gasteiger partial charge on any atom is -0.344 e. The summed E-state index contributed by atoms with van der Waals surface area (Å²) in [5.41, 5.74) is 0.153. The molecule has 1 fully saturated rings. The third kappa shape index (κ3) is 3.47. The van der Waals surface area contributed by atoms with Crippen LogP contribution in [0.3, 0.4) is 0 Å². The fourth-order valence-corrected chi connectivity index (χ4v) is 7.28. The van der Waals surface area contributed by atoms with Gasteiger partial charge in [0, 0.05) is 42.7 Å². The first-order valence-corrected chi connectivity index (χ1v) is 12.6. The maximum atomic E-state index is 15.2. The molecule has 1 aliphatic heterocycles. The first-order chi connectivity index (χ1) is 15.6. The monoisotopic (exact) mass is 504 g/mol. The highest BCUT2D eigenvalue weighted by Gasteiger charge is 2.44. The molecule has 0 unspecified atom stereocenters. The third-order valence-electron chi connectivity index (χ3n) is 5.62. The van der Waals surface area contributed by atoms with E-state index in [-0.39, 0.29) is 11.7 Å². The predicted octanol–water partition coefficient (Wildman–Crippen LogP) is 3.96. The van der Waals surface area contributed by atoms with E-state index in [1.807, 2.05) is 0 Å². The van der Waals surface area contributed by atoms with Crippen molar-refractivity contribution in [1.29, 1.82) is 5.41 Å². The van der Waals surface area contributed by atoms with Gasteiger partial charge < -0.3 is 5.32 Å². The highest BCUT2D eigenvalue weighted by molar-refractivity contribution is 7.89. The van der Waals surface area contributed by atoms with Gasteiger partial charge in [-0.3, -0.25) is 10.4 Å². The van der Waals surface area contributed by atoms with Crippen molar-refractivity contribution >= 4 is 49.0 Å². The molecule has 5 rings (SSSR count). The molecule has 1 aromatic carbocycles. The lowest BCUT2D eigenvalue weighted by Gasteiger charge is -2.39. The zero-order valence-electron chi connectivity index (χ0n) is 17.5. The number of thiophene rings is 1. The summed E-state index contributed by atoms with van der Waals surface area (Å²) in [7, 11) is -2.38.